The Morgan fingerprint density at radius 3 is 2.77 bits per heavy atom. The Morgan fingerprint density at radius 2 is 2.04 bits per heavy atom. The first-order chi connectivity index (χ1) is 12.6. The second-order valence-corrected chi connectivity index (χ2v) is 6.37. The number of likely N-dealkylation sites (tertiary alicyclic amines) is 1. The van der Waals surface area contributed by atoms with E-state index < -0.39 is 0 Å². The molecule has 2 unspecified atom stereocenters. The van der Waals surface area contributed by atoms with Gasteiger partial charge in [0, 0.05) is 32.0 Å². The lowest BCUT2D eigenvalue weighted by molar-refractivity contribution is -0.153. The summed E-state index contributed by atoms with van der Waals surface area (Å²) in [5, 5.41) is 0. The van der Waals surface area contributed by atoms with E-state index in [0.717, 1.165) is 5.56 Å². The monoisotopic (exact) mass is 356 g/mol. The van der Waals surface area contributed by atoms with Gasteiger partial charge in [-0.3, -0.25) is 14.6 Å². The second kappa shape index (κ2) is 6.80. The number of aromatic nitrogens is 2. The number of hydrogen-bond acceptors (Lipinski definition) is 5. The molecule has 2 saturated heterocycles. The molecule has 0 N–H and O–H groups in total. The van der Waals surface area contributed by atoms with Gasteiger partial charge in [-0.25, -0.2) is 9.37 Å². The summed E-state index contributed by atoms with van der Waals surface area (Å²) in [7, 11) is 0. The molecule has 134 valence electrons. The molecule has 2 atom stereocenters. The second-order valence-electron chi connectivity index (χ2n) is 6.37. The lowest BCUT2D eigenvalue weighted by Crippen LogP contribution is -2.53. The highest BCUT2D eigenvalue weighted by molar-refractivity contribution is 5.92. The van der Waals surface area contributed by atoms with E-state index in [1.807, 2.05) is 0 Å². The Labute approximate surface area is 149 Å². The molecule has 26 heavy (non-hydrogen) atoms. The van der Waals surface area contributed by atoms with Crippen LogP contribution in [0.25, 0.3) is 0 Å². The van der Waals surface area contributed by atoms with E-state index in [-0.39, 0.29) is 42.1 Å². The molecule has 2 aromatic rings. The number of halogens is 1. The Hall–Kier alpha value is -2.87. The van der Waals surface area contributed by atoms with Crippen molar-refractivity contribution in [2.75, 3.05) is 19.7 Å². The quantitative estimate of drug-likeness (QED) is 0.816. The number of ether oxygens (including phenoxy) is 1. The minimum Gasteiger partial charge on any atom is -0.364 e. The summed E-state index contributed by atoms with van der Waals surface area (Å²) >= 11 is 0. The number of fused-ring (bicyclic) bond motifs is 1. The van der Waals surface area contributed by atoms with E-state index in [9.17, 15) is 14.0 Å². The van der Waals surface area contributed by atoms with E-state index in [4.69, 9.17) is 4.74 Å². The Kier molecular flexibility index (Phi) is 4.34. The number of nitrogens with zero attached hydrogens (tertiary/aromatic N) is 4. The van der Waals surface area contributed by atoms with Gasteiger partial charge < -0.3 is 14.5 Å². The van der Waals surface area contributed by atoms with Crippen LogP contribution in [0.5, 0.6) is 0 Å². The van der Waals surface area contributed by atoms with Crippen LogP contribution in [0.2, 0.25) is 0 Å². The zero-order valence-electron chi connectivity index (χ0n) is 13.9. The molecule has 7 nitrogen and oxygen atoms in total. The van der Waals surface area contributed by atoms with Crippen molar-refractivity contribution in [3.63, 3.8) is 0 Å². The van der Waals surface area contributed by atoms with E-state index in [1.165, 1.54) is 30.7 Å². The minimum atomic E-state index is -0.318. The first-order valence-corrected chi connectivity index (χ1v) is 8.32. The van der Waals surface area contributed by atoms with Crippen molar-refractivity contribution < 1.29 is 18.7 Å². The molecule has 4 rings (SSSR count). The normalized spacial score (nSPS) is 22.4. The van der Waals surface area contributed by atoms with Crippen molar-refractivity contribution in [3.8, 4) is 0 Å². The van der Waals surface area contributed by atoms with Gasteiger partial charge in [-0.05, 0) is 17.7 Å². The van der Waals surface area contributed by atoms with E-state index in [1.54, 1.807) is 21.9 Å². The van der Waals surface area contributed by atoms with Gasteiger partial charge in [0.1, 0.15) is 18.1 Å². The molecule has 2 amide bonds. The third-order valence-electron chi connectivity index (χ3n) is 4.71. The molecule has 2 aliphatic rings. The van der Waals surface area contributed by atoms with Gasteiger partial charge in [0.2, 0.25) is 5.91 Å². The average Bonchev–Trinajstić information content (AvgIpc) is 3.10. The summed E-state index contributed by atoms with van der Waals surface area (Å²) in [5.74, 6) is -0.684. The average molecular weight is 356 g/mol. The fraction of sp³-hybridized carbons (Fsp3) is 0.333. The standard InChI is InChI=1S/C18H17FN4O3/c19-13-3-1-12(2-4-13)8-23-15-9-22(10-16(15)26-11-17(23)24)18(25)14-7-20-5-6-21-14/h1-7,15-16H,8-11H2. The molecular formula is C18H17FN4O3. The van der Waals surface area contributed by atoms with Crippen molar-refractivity contribution in [2.24, 2.45) is 0 Å². The molecule has 2 fully saturated rings. The number of carbonyl (C=O) groups is 2. The third kappa shape index (κ3) is 3.15. The van der Waals surface area contributed by atoms with Crippen molar-refractivity contribution in [1.82, 2.24) is 19.8 Å². The van der Waals surface area contributed by atoms with E-state index in [2.05, 4.69) is 9.97 Å². The van der Waals surface area contributed by atoms with Crippen molar-refractivity contribution >= 4 is 11.8 Å². The van der Waals surface area contributed by atoms with Gasteiger partial charge in [0.25, 0.3) is 5.91 Å². The summed E-state index contributed by atoms with van der Waals surface area (Å²) in [5.41, 5.74) is 1.10. The van der Waals surface area contributed by atoms with Crippen LogP contribution in [0.3, 0.4) is 0 Å². The van der Waals surface area contributed by atoms with Gasteiger partial charge >= 0.3 is 0 Å². The summed E-state index contributed by atoms with van der Waals surface area (Å²) in [4.78, 5) is 36.3. The first-order valence-electron chi connectivity index (χ1n) is 8.32. The molecule has 1 aromatic heterocycles. The van der Waals surface area contributed by atoms with Crippen molar-refractivity contribution in [2.45, 2.75) is 18.7 Å². The smallest absolute Gasteiger partial charge is 0.274 e. The maximum atomic E-state index is 13.1. The number of benzene rings is 1. The summed E-state index contributed by atoms with van der Waals surface area (Å²) in [6, 6.07) is 5.82. The predicted molar refractivity (Wildman–Crippen MR) is 88.4 cm³/mol. The van der Waals surface area contributed by atoms with Crippen molar-refractivity contribution in [3.05, 3.63) is 59.9 Å². The Morgan fingerprint density at radius 1 is 1.23 bits per heavy atom. The molecule has 0 radical (unpaired) electrons. The van der Waals surface area contributed by atoms with Crippen molar-refractivity contribution in [1.29, 1.82) is 0 Å². The highest BCUT2D eigenvalue weighted by Crippen LogP contribution is 2.26. The topological polar surface area (TPSA) is 75.6 Å². The summed E-state index contributed by atoms with van der Waals surface area (Å²) in [6.45, 7) is 1.10. The van der Waals surface area contributed by atoms with Gasteiger partial charge in [0.05, 0.1) is 18.3 Å². The van der Waals surface area contributed by atoms with Crippen LogP contribution in [0, 0.1) is 5.82 Å². The van der Waals surface area contributed by atoms with Gasteiger partial charge in [0.15, 0.2) is 0 Å². The first kappa shape index (κ1) is 16.6. The van der Waals surface area contributed by atoms with Gasteiger partial charge in [-0.2, -0.15) is 0 Å². The summed E-state index contributed by atoms with van der Waals surface area (Å²) < 4.78 is 18.7. The van der Waals surface area contributed by atoms with Crippen LogP contribution in [-0.2, 0) is 16.1 Å². The predicted octanol–water partition coefficient (Wildman–Crippen LogP) is 0.868. The highest BCUT2D eigenvalue weighted by Gasteiger charge is 2.44. The Bertz CT molecular complexity index is 815. The number of hydrogen-bond donors (Lipinski definition) is 0. The molecule has 0 bridgehead atoms. The van der Waals surface area contributed by atoms with Gasteiger partial charge in [-0.1, -0.05) is 12.1 Å². The zero-order chi connectivity index (χ0) is 18.1. The van der Waals surface area contributed by atoms with Crippen LogP contribution < -0.4 is 0 Å². The highest BCUT2D eigenvalue weighted by atomic mass is 19.1. The maximum absolute atomic E-state index is 13.1. The SMILES string of the molecule is O=C(c1cnccn1)N1CC2OCC(=O)N(Cc3ccc(F)cc3)C2C1. The third-order valence-corrected chi connectivity index (χ3v) is 4.71. The molecule has 0 saturated carbocycles. The lowest BCUT2D eigenvalue weighted by Gasteiger charge is -2.36. The molecule has 1 aromatic carbocycles. The molecule has 0 aliphatic carbocycles. The van der Waals surface area contributed by atoms with Gasteiger partial charge in [-0.15, -0.1) is 0 Å². The molecule has 0 spiro atoms. The van der Waals surface area contributed by atoms with Crippen LogP contribution in [0.1, 0.15) is 16.1 Å². The maximum Gasteiger partial charge on any atom is 0.274 e. The van der Waals surface area contributed by atoms with Crippen LogP contribution in [-0.4, -0.2) is 63.4 Å². The number of amides is 2. The fourth-order valence-corrected chi connectivity index (χ4v) is 3.40. The number of carbonyl (C=O) groups excluding carboxylic acids is 2. The van der Waals surface area contributed by atoms with Crippen LogP contribution in [0.4, 0.5) is 4.39 Å². The molecular weight excluding hydrogens is 339 g/mol. The van der Waals surface area contributed by atoms with Crippen LogP contribution >= 0.6 is 0 Å². The molecule has 2 aliphatic heterocycles. The fourth-order valence-electron chi connectivity index (χ4n) is 3.40. The Balaban J connectivity index is 1.51. The zero-order valence-corrected chi connectivity index (χ0v) is 13.9. The number of rotatable bonds is 3. The number of morpholine rings is 1. The van der Waals surface area contributed by atoms with E-state index in [0.29, 0.717) is 19.6 Å². The van der Waals surface area contributed by atoms with E-state index >= 15 is 0 Å². The van der Waals surface area contributed by atoms with Crippen LogP contribution in [0.15, 0.2) is 42.9 Å². The molecule has 8 heteroatoms. The molecule has 3 heterocycles. The summed E-state index contributed by atoms with van der Waals surface area (Å²) in [6.07, 6.45) is 4.16. The minimum absolute atomic E-state index is 0.0183. The largest absolute Gasteiger partial charge is 0.364 e. The lowest BCUT2D eigenvalue weighted by atomic mass is 10.1.